The summed E-state index contributed by atoms with van der Waals surface area (Å²) in [4.78, 5) is 2.63. The highest BCUT2D eigenvalue weighted by Gasteiger charge is 1.99. The third-order valence-electron chi connectivity index (χ3n) is 0.988. The van der Waals surface area contributed by atoms with Crippen molar-refractivity contribution in [3.63, 3.8) is 0 Å². The summed E-state index contributed by atoms with van der Waals surface area (Å²) in [6.45, 7) is 2.01. The molecule has 0 N–H and O–H groups in total. The first-order chi connectivity index (χ1) is 4.35. The maximum atomic E-state index is 7.97. The van der Waals surface area contributed by atoms with Crippen LogP contribution in [0.5, 0.6) is 0 Å². The van der Waals surface area contributed by atoms with E-state index in [0.29, 0.717) is 0 Å². The van der Waals surface area contributed by atoms with Crippen molar-refractivity contribution >= 4 is 0 Å². The first-order valence-corrected chi connectivity index (χ1v) is 2.92. The number of hydrogen-bond donors (Lipinski definition) is 0. The van der Waals surface area contributed by atoms with Crippen molar-refractivity contribution in [1.82, 2.24) is 0 Å². The quantitative estimate of drug-likeness (QED) is 0.325. The van der Waals surface area contributed by atoms with Crippen LogP contribution in [0.2, 0.25) is 0 Å². The summed E-state index contributed by atoms with van der Waals surface area (Å²) in [6, 6.07) is 0. The Labute approximate surface area is 54.4 Å². The van der Waals surface area contributed by atoms with E-state index in [-0.39, 0.29) is 6.23 Å². The minimum absolute atomic E-state index is 0.278. The van der Waals surface area contributed by atoms with Gasteiger partial charge in [-0.05, 0) is 12.0 Å². The van der Waals surface area contributed by atoms with Crippen molar-refractivity contribution in [2.24, 2.45) is 5.11 Å². The van der Waals surface area contributed by atoms with Gasteiger partial charge in [-0.25, -0.2) is 0 Å². The molecule has 4 heteroatoms. The Bertz CT molecular complexity index is 109. The second-order valence-corrected chi connectivity index (χ2v) is 1.68. The van der Waals surface area contributed by atoms with Gasteiger partial charge in [-0.3, -0.25) is 0 Å². The first kappa shape index (κ1) is 8.27. The number of ether oxygens (including phenoxy) is 1. The van der Waals surface area contributed by atoms with Gasteiger partial charge >= 0.3 is 0 Å². The van der Waals surface area contributed by atoms with Crippen molar-refractivity contribution in [2.45, 2.75) is 26.0 Å². The highest BCUT2D eigenvalue weighted by molar-refractivity contribution is 4.53. The van der Waals surface area contributed by atoms with Gasteiger partial charge in [-0.15, -0.1) is 0 Å². The van der Waals surface area contributed by atoms with E-state index in [1.165, 1.54) is 7.11 Å². The molecular formula is C5H11N3O. The van der Waals surface area contributed by atoms with Crippen LogP contribution >= 0.6 is 0 Å². The molecule has 0 rings (SSSR count). The van der Waals surface area contributed by atoms with Crippen LogP contribution in [0.4, 0.5) is 0 Å². The predicted octanol–water partition coefficient (Wildman–Crippen LogP) is 2.07. The standard InChI is InChI=1S/C5H11N3O/c1-3-4-5(9-2)7-8-6/h5H,3-4H2,1-2H3. The minimum atomic E-state index is -0.278. The number of azide groups is 1. The normalized spacial score (nSPS) is 12.2. The van der Waals surface area contributed by atoms with Crippen molar-refractivity contribution in [1.29, 1.82) is 0 Å². The Morgan fingerprint density at radius 1 is 1.78 bits per heavy atom. The molecule has 0 heterocycles. The van der Waals surface area contributed by atoms with Crippen molar-refractivity contribution < 1.29 is 4.74 Å². The van der Waals surface area contributed by atoms with Crippen molar-refractivity contribution in [3.8, 4) is 0 Å². The third kappa shape index (κ3) is 3.82. The van der Waals surface area contributed by atoms with Crippen LogP contribution < -0.4 is 0 Å². The molecule has 1 unspecified atom stereocenters. The van der Waals surface area contributed by atoms with E-state index >= 15 is 0 Å². The zero-order valence-electron chi connectivity index (χ0n) is 5.74. The lowest BCUT2D eigenvalue weighted by Gasteiger charge is -2.04. The first-order valence-electron chi connectivity index (χ1n) is 2.92. The second kappa shape index (κ2) is 5.41. The zero-order valence-corrected chi connectivity index (χ0v) is 5.74. The van der Waals surface area contributed by atoms with Crippen LogP contribution in [-0.2, 0) is 4.74 Å². The van der Waals surface area contributed by atoms with E-state index in [1.54, 1.807) is 0 Å². The van der Waals surface area contributed by atoms with Gasteiger partial charge in [-0.2, -0.15) is 0 Å². The van der Waals surface area contributed by atoms with E-state index in [0.717, 1.165) is 12.8 Å². The summed E-state index contributed by atoms with van der Waals surface area (Å²) in [6.07, 6.45) is 1.48. The zero-order chi connectivity index (χ0) is 7.11. The molecule has 0 fully saturated rings. The lowest BCUT2D eigenvalue weighted by Crippen LogP contribution is -2.04. The van der Waals surface area contributed by atoms with Gasteiger partial charge < -0.3 is 4.74 Å². The molecule has 0 aromatic heterocycles. The lowest BCUT2D eigenvalue weighted by atomic mass is 10.3. The summed E-state index contributed by atoms with van der Waals surface area (Å²) >= 11 is 0. The molecule has 0 saturated carbocycles. The van der Waals surface area contributed by atoms with Gasteiger partial charge in [0.05, 0.1) is 0 Å². The van der Waals surface area contributed by atoms with E-state index in [4.69, 9.17) is 10.3 Å². The molecule has 0 aliphatic heterocycles. The van der Waals surface area contributed by atoms with E-state index < -0.39 is 0 Å². The van der Waals surface area contributed by atoms with Crippen LogP contribution in [0.1, 0.15) is 19.8 Å². The maximum Gasteiger partial charge on any atom is 0.136 e. The summed E-state index contributed by atoms with van der Waals surface area (Å²) in [7, 11) is 1.54. The average Bonchev–Trinajstić information content (AvgIpc) is 1.88. The molecule has 0 aromatic rings. The Kier molecular flexibility index (Phi) is 4.97. The maximum absolute atomic E-state index is 7.97. The molecule has 1 atom stereocenters. The largest absolute Gasteiger partial charge is 0.375 e. The minimum Gasteiger partial charge on any atom is -0.375 e. The molecule has 0 saturated heterocycles. The van der Waals surface area contributed by atoms with Crippen LogP contribution in [-0.4, -0.2) is 13.3 Å². The third-order valence-corrected chi connectivity index (χ3v) is 0.988. The highest BCUT2D eigenvalue weighted by atomic mass is 16.5. The van der Waals surface area contributed by atoms with Crippen molar-refractivity contribution in [2.75, 3.05) is 7.11 Å². The number of methoxy groups -OCH3 is 1. The van der Waals surface area contributed by atoms with Gasteiger partial charge in [0.25, 0.3) is 0 Å². The van der Waals surface area contributed by atoms with E-state index in [2.05, 4.69) is 10.0 Å². The van der Waals surface area contributed by atoms with Crippen LogP contribution in [0.15, 0.2) is 5.11 Å². The van der Waals surface area contributed by atoms with Gasteiger partial charge in [0.15, 0.2) is 0 Å². The predicted molar refractivity (Wildman–Crippen MR) is 34.9 cm³/mol. The molecule has 0 radical (unpaired) electrons. The fraction of sp³-hybridized carbons (Fsp3) is 1.00. The van der Waals surface area contributed by atoms with Gasteiger partial charge in [0.2, 0.25) is 0 Å². The molecule has 52 valence electrons. The van der Waals surface area contributed by atoms with Gasteiger partial charge in [0, 0.05) is 12.0 Å². The molecule has 0 aliphatic carbocycles. The second-order valence-electron chi connectivity index (χ2n) is 1.68. The van der Waals surface area contributed by atoms with Crippen LogP contribution in [0.25, 0.3) is 10.4 Å². The van der Waals surface area contributed by atoms with Gasteiger partial charge in [0.1, 0.15) is 6.23 Å². The molecule has 0 aromatic carbocycles. The molecule has 4 nitrogen and oxygen atoms in total. The van der Waals surface area contributed by atoms with Gasteiger partial charge in [-0.1, -0.05) is 18.5 Å². The number of hydrogen-bond acceptors (Lipinski definition) is 2. The number of nitrogens with zero attached hydrogens (tertiary/aromatic N) is 3. The SMILES string of the molecule is CCCC(N=[N+]=[N-])OC. The Balaban J connectivity index is 3.53. The van der Waals surface area contributed by atoms with E-state index in [9.17, 15) is 0 Å². The Hall–Kier alpha value is -0.730. The van der Waals surface area contributed by atoms with E-state index in [1.807, 2.05) is 6.92 Å². The Morgan fingerprint density at radius 3 is 2.78 bits per heavy atom. The molecular weight excluding hydrogens is 118 g/mol. The van der Waals surface area contributed by atoms with Crippen molar-refractivity contribution in [3.05, 3.63) is 10.4 Å². The topological polar surface area (TPSA) is 58.0 Å². The van der Waals surface area contributed by atoms with Crippen LogP contribution in [0, 0.1) is 0 Å². The molecule has 0 spiro atoms. The fourth-order valence-corrected chi connectivity index (χ4v) is 0.527. The average molecular weight is 129 g/mol. The summed E-state index contributed by atoms with van der Waals surface area (Å²) < 4.78 is 4.81. The smallest absolute Gasteiger partial charge is 0.136 e. The van der Waals surface area contributed by atoms with Crippen LogP contribution in [0.3, 0.4) is 0 Å². The molecule has 0 bridgehead atoms. The summed E-state index contributed by atoms with van der Waals surface area (Å²) in [5.41, 5.74) is 7.97. The summed E-state index contributed by atoms with van der Waals surface area (Å²) in [5.74, 6) is 0. The Morgan fingerprint density at radius 2 is 2.44 bits per heavy atom. The molecule has 9 heavy (non-hydrogen) atoms. The number of rotatable bonds is 4. The fourth-order valence-electron chi connectivity index (χ4n) is 0.527. The molecule has 0 amide bonds. The molecule has 0 aliphatic rings. The highest BCUT2D eigenvalue weighted by Crippen LogP contribution is 2.01. The lowest BCUT2D eigenvalue weighted by molar-refractivity contribution is 0.100. The summed E-state index contributed by atoms with van der Waals surface area (Å²) in [5, 5.41) is 3.39. The monoisotopic (exact) mass is 129 g/mol.